The van der Waals surface area contributed by atoms with Crippen molar-refractivity contribution < 1.29 is 0 Å². The predicted molar refractivity (Wildman–Crippen MR) is 70.8 cm³/mol. The van der Waals surface area contributed by atoms with Crippen LogP contribution in [0.25, 0.3) is 0 Å². The van der Waals surface area contributed by atoms with Gasteiger partial charge in [-0.15, -0.1) is 0 Å². The summed E-state index contributed by atoms with van der Waals surface area (Å²) in [6, 6.07) is 10.7. The first-order chi connectivity index (χ1) is 8.11. The highest BCUT2D eigenvalue weighted by atomic mass is 15.0. The summed E-state index contributed by atoms with van der Waals surface area (Å²) >= 11 is 0. The lowest BCUT2D eigenvalue weighted by Crippen LogP contribution is -2.36. The van der Waals surface area contributed by atoms with E-state index >= 15 is 0 Å². The molecule has 1 unspecified atom stereocenters. The molecule has 0 bridgehead atoms. The Labute approximate surface area is 104 Å². The zero-order valence-electron chi connectivity index (χ0n) is 10.7. The quantitative estimate of drug-likeness (QED) is 0.849. The molecule has 0 radical (unpaired) electrons. The molecular weight excluding hydrogens is 208 g/mol. The molecule has 90 valence electrons. The standard InChI is InChI=1S/C15H20N2/c1-12-6-8-14(9-7-12)17-15(2,11-16)10-13-4-3-5-13/h6-9,13,17H,3-5,10H2,1-2H3. The lowest BCUT2D eigenvalue weighted by atomic mass is 9.77. The zero-order valence-corrected chi connectivity index (χ0v) is 10.7. The second-order valence-electron chi connectivity index (χ2n) is 5.44. The maximum absolute atomic E-state index is 9.36. The fourth-order valence-corrected chi connectivity index (χ4v) is 2.35. The summed E-state index contributed by atoms with van der Waals surface area (Å²) in [5.74, 6) is 0.734. The molecule has 1 aliphatic carbocycles. The van der Waals surface area contributed by atoms with Crippen LogP contribution in [-0.2, 0) is 0 Å². The van der Waals surface area contributed by atoms with Crippen LogP contribution in [0.1, 0.15) is 38.2 Å². The van der Waals surface area contributed by atoms with Crippen LogP contribution in [0.3, 0.4) is 0 Å². The zero-order chi connectivity index (χ0) is 12.3. The summed E-state index contributed by atoms with van der Waals surface area (Å²) in [5.41, 5.74) is 1.85. The molecule has 1 atom stereocenters. The van der Waals surface area contributed by atoms with Crippen molar-refractivity contribution in [3.05, 3.63) is 29.8 Å². The van der Waals surface area contributed by atoms with Crippen molar-refractivity contribution in [2.45, 2.75) is 45.1 Å². The predicted octanol–water partition coefficient (Wildman–Crippen LogP) is 3.88. The van der Waals surface area contributed by atoms with Crippen LogP contribution in [0.5, 0.6) is 0 Å². The maximum atomic E-state index is 9.36. The fourth-order valence-electron chi connectivity index (χ4n) is 2.35. The number of benzene rings is 1. The molecule has 17 heavy (non-hydrogen) atoms. The third-order valence-electron chi connectivity index (χ3n) is 3.64. The Morgan fingerprint density at radius 3 is 2.47 bits per heavy atom. The number of aryl methyl sites for hydroxylation is 1. The first kappa shape index (κ1) is 12.0. The monoisotopic (exact) mass is 228 g/mol. The van der Waals surface area contributed by atoms with Gasteiger partial charge in [0.15, 0.2) is 0 Å². The molecule has 0 heterocycles. The van der Waals surface area contributed by atoms with Crippen molar-refractivity contribution in [2.24, 2.45) is 5.92 Å². The molecule has 0 aromatic heterocycles. The van der Waals surface area contributed by atoms with Gasteiger partial charge in [0.25, 0.3) is 0 Å². The molecule has 1 aliphatic rings. The van der Waals surface area contributed by atoms with Gasteiger partial charge in [-0.05, 0) is 38.3 Å². The number of nitrogens with one attached hydrogen (secondary N) is 1. The molecule has 1 fully saturated rings. The summed E-state index contributed by atoms with van der Waals surface area (Å²) in [6.45, 7) is 4.08. The summed E-state index contributed by atoms with van der Waals surface area (Å²) in [6.07, 6.45) is 4.85. The lowest BCUT2D eigenvalue weighted by molar-refractivity contribution is 0.267. The second-order valence-corrected chi connectivity index (χ2v) is 5.44. The van der Waals surface area contributed by atoms with Gasteiger partial charge in [0.2, 0.25) is 0 Å². The Bertz CT molecular complexity index is 412. The Morgan fingerprint density at radius 1 is 1.35 bits per heavy atom. The average Bonchev–Trinajstić information content (AvgIpc) is 2.27. The third-order valence-corrected chi connectivity index (χ3v) is 3.64. The maximum Gasteiger partial charge on any atom is 0.122 e. The van der Waals surface area contributed by atoms with E-state index in [0.29, 0.717) is 0 Å². The fraction of sp³-hybridized carbons (Fsp3) is 0.533. The van der Waals surface area contributed by atoms with Crippen molar-refractivity contribution in [3.8, 4) is 6.07 Å². The van der Waals surface area contributed by atoms with Gasteiger partial charge in [0.05, 0.1) is 6.07 Å². The summed E-state index contributed by atoms with van der Waals surface area (Å²) < 4.78 is 0. The highest BCUT2D eigenvalue weighted by Gasteiger charge is 2.30. The molecule has 0 saturated heterocycles. The van der Waals surface area contributed by atoms with E-state index in [0.717, 1.165) is 18.0 Å². The molecule has 1 N–H and O–H groups in total. The van der Waals surface area contributed by atoms with Crippen molar-refractivity contribution in [1.29, 1.82) is 5.26 Å². The number of nitriles is 1. The van der Waals surface area contributed by atoms with Crippen molar-refractivity contribution in [3.63, 3.8) is 0 Å². The van der Waals surface area contributed by atoms with E-state index in [1.54, 1.807) is 0 Å². The molecule has 0 amide bonds. The number of nitrogens with zero attached hydrogens (tertiary/aromatic N) is 1. The molecule has 0 spiro atoms. The molecule has 1 aromatic rings. The van der Waals surface area contributed by atoms with E-state index in [4.69, 9.17) is 0 Å². The van der Waals surface area contributed by atoms with Crippen LogP contribution in [0.15, 0.2) is 24.3 Å². The molecule has 1 aromatic carbocycles. The second kappa shape index (κ2) is 4.79. The van der Waals surface area contributed by atoms with Gasteiger partial charge in [-0.3, -0.25) is 0 Å². The van der Waals surface area contributed by atoms with Gasteiger partial charge in [-0.25, -0.2) is 0 Å². The van der Waals surface area contributed by atoms with E-state index in [9.17, 15) is 5.26 Å². The van der Waals surface area contributed by atoms with Gasteiger partial charge in [0, 0.05) is 5.69 Å². The van der Waals surface area contributed by atoms with Crippen LogP contribution in [0.4, 0.5) is 5.69 Å². The van der Waals surface area contributed by atoms with E-state index in [1.807, 2.05) is 19.1 Å². The Morgan fingerprint density at radius 2 is 2.00 bits per heavy atom. The van der Waals surface area contributed by atoms with Crippen LogP contribution in [-0.4, -0.2) is 5.54 Å². The van der Waals surface area contributed by atoms with E-state index < -0.39 is 5.54 Å². The smallest absolute Gasteiger partial charge is 0.122 e. The number of rotatable bonds is 4. The average molecular weight is 228 g/mol. The van der Waals surface area contributed by atoms with Gasteiger partial charge < -0.3 is 5.32 Å². The lowest BCUT2D eigenvalue weighted by Gasteiger charge is -2.33. The van der Waals surface area contributed by atoms with E-state index in [2.05, 4.69) is 30.4 Å². The Hall–Kier alpha value is -1.49. The minimum atomic E-state index is -0.430. The summed E-state index contributed by atoms with van der Waals surface area (Å²) in [7, 11) is 0. The normalized spacial score (nSPS) is 18.9. The first-order valence-corrected chi connectivity index (χ1v) is 6.37. The molecule has 2 rings (SSSR count). The van der Waals surface area contributed by atoms with Crippen molar-refractivity contribution >= 4 is 5.69 Å². The summed E-state index contributed by atoms with van der Waals surface area (Å²) in [5, 5.41) is 12.7. The van der Waals surface area contributed by atoms with E-state index in [1.165, 1.54) is 24.8 Å². The van der Waals surface area contributed by atoms with Crippen molar-refractivity contribution in [1.82, 2.24) is 0 Å². The highest BCUT2D eigenvalue weighted by molar-refractivity contribution is 5.48. The third kappa shape index (κ3) is 3.00. The topological polar surface area (TPSA) is 35.8 Å². The molecule has 1 saturated carbocycles. The number of anilines is 1. The van der Waals surface area contributed by atoms with Crippen LogP contribution in [0.2, 0.25) is 0 Å². The van der Waals surface area contributed by atoms with Crippen LogP contribution >= 0.6 is 0 Å². The van der Waals surface area contributed by atoms with Gasteiger partial charge in [-0.2, -0.15) is 5.26 Å². The minimum Gasteiger partial charge on any atom is -0.368 e. The minimum absolute atomic E-state index is 0.430. The van der Waals surface area contributed by atoms with Crippen molar-refractivity contribution in [2.75, 3.05) is 5.32 Å². The van der Waals surface area contributed by atoms with Crippen LogP contribution < -0.4 is 5.32 Å². The van der Waals surface area contributed by atoms with Gasteiger partial charge in [0.1, 0.15) is 5.54 Å². The first-order valence-electron chi connectivity index (χ1n) is 6.37. The SMILES string of the molecule is Cc1ccc(NC(C)(C#N)CC2CCC2)cc1. The number of hydrogen-bond acceptors (Lipinski definition) is 2. The highest BCUT2D eigenvalue weighted by Crippen LogP contribution is 2.34. The molecule has 0 aliphatic heterocycles. The summed E-state index contributed by atoms with van der Waals surface area (Å²) in [4.78, 5) is 0. The van der Waals surface area contributed by atoms with Gasteiger partial charge in [-0.1, -0.05) is 37.0 Å². The Balaban J connectivity index is 2.02. The van der Waals surface area contributed by atoms with Gasteiger partial charge >= 0.3 is 0 Å². The molecular formula is C15H20N2. The Kier molecular flexibility index (Phi) is 3.38. The largest absolute Gasteiger partial charge is 0.368 e. The molecule has 2 heteroatoms. The molecule has 2 nitrogen and oxygen atoms in total. The number of hydrogen-bond donors (Lipinski definition) is 1. The van der Waals surface area contributed by atoms with E-state index in [-0.39, 0.29) is 0 Å². The van der Waals surface area contributed by atoms with Crippen LogP contribution in [0, 0.1) is 24.2 Å².